The average molecular weight is 260 g/mol. The highest BCUT2D eigenvalue weighted by Crippen LogP contribution is 2.26. The topological polar surface area (TPSA) is 75.7 Å². The quantitative estimate of drug-likeness (QED) is 0.750. The molecule has 4 nitrogen and oxygen atoms in total. The molecule has 0 aromatic heterocycles. The summed E-state index contributed by atoms with van der Waals surface area (Å²) in [5.41, 5.74) is 6.47. The lowest BCUT2D eigenvalue weighted by atomic mass is 10.1. The lowest BCUT2D eigenvalue weighted by Gasteiger charge is -2.04. The Hall–Kier alpha value is -1.23. The fraction of sp³-hybridized carbons (Fsp3) is 0.333. The molecule has 1 atom stereocenters. The second kappa shape index (κ2) is 7.95. The van der Waals surface area contributed by atoms with E-state index in [4.69, 9.17) is 15.6 Å². The van der Waals surface area contributed by atoms with E-state index in [1.54, 1.807) is 18.2 Å². The first kappa shape index (κ1) is 15.8. The van der Waals surface area contributed by atoms with Gasteiger partial charge in [0.05, 0.1) is 13.7 Å². The highest BCUT2D eigenvalue weighted by atomic mass is 35.5. The van der Waals surface area contributed by atoms with Crippen LogP contribution in [0.3, 0.4) is 0 Å². The third-order valence-corrected chi connectivity index (χ3v) is 2.19. The number of nitrogens with two attached hydrogens (primary N) is 1. The van der Waals surface area contributed by atoms with E-state index in [0.717, 1.165) is 5.56 Å². The number of phenols is 1. The summed E-state index contributed by atoms with van der Waals surface area (Å²) in [6, 6.07) is 4.86. The minimum absolute atomic E-state index is 0. The van der Waals surface area contributed by atoms with Crippen molar-refractivity contribution >= 4 is 18.5 Å². The summed E-state index contributed by atoms with van der Waals surface area (Å²) < 4.78 is 4.99. The maximum absolute atomic E-state index is 9.38. The number of hydrogen-bond donors (Lipinski definition) is 3. The number of hydrogen-bond acceptors (Lipinski definition) is 4. The van der Waals surface area contributed by atoms with Crippen LogP contribution >= 0.6 is 12.4 Å². The van der Waals surface area contributed by atoms with Crippen LogP contribution in [-0.4, -0.2) is 30.0 Å². The van der Waals surface area contributed by atoms with Gasteiger partial charge in [-0.2, -0.15) is 0 Å². The van der Waals surface area contributed by atoms with Crippen LogP contribution in [0.1, 0.15) is 12.0 Å². The number of methoxy groups -OCH3 is 1. The highest BCUT2D eigenvalue weighted by Gasteiger charge is 2.00. The van der Waals surface area contributed by atoms with Crippen molar-refractivity contribution in [1.82, 2.24) is 0 Å². The molecule has 0 saturated heterocycles. The molecule has 17 heavy (non-hydrogen) atoms. The molecule has 0 saturated carbocycles. The van der Waals surface area contributed by atoms with Crippen LogP contribution in [0, 0.1) is 0 Å². The van der Waals surface area contributed by atoms with Gasteiger partial charge in [0.15, 0.2) is 11.5 Å². The predicted molar refractivity (Wildman–Crippen MR) is 70.6 cm³/mol. The lowest BCUT2D eigenvalue weighted by Crippen LogP contribution is -2.22. The number of ether oxygens (including phenoxy) is 1. The molecule has 0 aliphatic heterocycles. The van der Waals surface area contributed by atoms with Crippen LogP contribution in [0.5, 0.6) is 11.5 Å². The van der Waals surface area contributed by atoms with Gasteiger partial charge in [-0.3, -0.25) is 0 Å². The van der Waals surface area contributed by atoms with E-state index < -0.39 is 0 Å². The summed E-state index contributed by atoms with van der Waals surface area (Å²) in [5, 5.41) is 18.1. The molecule has 4 N–H and O–H groups in total. The van der Waals surface area contributed by atoms with Gasteiger partial charge in [0, 0.05) is 6.04 Å². The Labute approximate surface area is 107 Å². The van der Waals surface area contributed by atoms with Crippen molar-refractivity contribution in [3.8, 4) is 11.5 Å². The van der Waals surface area contributed by atoms with E-state index in [1.807, 2.05) is 12.2 Å². The van der Waals surface area contributed by atoms with Crippen molar-refractivity contribution in [1.29, 1.82) is 0 Å². The number of benzene rings is 1. The Bertz CT molecular complexity index is 369. The molecule has 0 radical (unpaired) electrons. The van der Waals surface area contributed by atoms with Crippen molar-refractivity contribution in [3.63, 3.8) is 0 Å². The van der Waals surface area contributed by atoms with Crippen LogP contribution in [0.25, 0.3) is 6.08 Å². The van der Waals surface area contributed by atoms with Crippen LogP contribution in [0.2, 0.25) is 0 Å². The molecule has 0 aliphatic carbocycles. The van der Waals surface area contributed by atoms with Crippen molar-refractivity contribution in [3.05, 3.63) is 29.8 Å². The third kappa shape index (κ3) is 5.08. The first-order valence-electron chi connectivity index (χ1n) is 5.07. The van der Waals surface area contributed by atoms with Crippen molar-refractivity contribution in [2.45, 2.75) is 12.5 Å². The number of aliphatic hydroxyl groups is 1. The molecule has 0 bridgehead atoms. The van der Waals surface area contributed by atoms with E-state index in [0.29, 0.717) is 12.2 Å². The third-order valence-electron chi connectivity index (χ3n) is 2.19. The second-order valence-corrected chi connectivity index (χ2v) is 3.51. The van der Waals surface area contributed by atoms with Gasteiger partial charge < -0.3 is 20.7 Å². The first-order valence-corrected chi connectivity index (χ1v) is 5.07. The highest BCUT2D eigenvalue weighted by molar-refractivity contribution is 5.85. The SMILES string of the molecule is COc1cc(/C=C/CC(N)CO)ccc1O.Cl. The second-order valence-electron chi connectivity index (χ2n) is 3.51. The minimum Gasteiger partial charge on any atom is -0.504 e. The molecule has 5 heteroatoms. The summed E-state index contributed by atoms with van der Waals surface area (Å²) in [5.74, 6) is 0.556. The van der Waals surface area contributed by atoms with Crippen LogP contribution in [0.15, 0.2) is 24.3 Å². The first-order chi connectivity index (χ1) is 7.67. The average Bonchev–Trinajstić information content (AvgIpc) is 2.31. The van der Waals surface area contributed by atoms with E-state index in [9.17, 15) is 5.11 Å². The van der Waals surface area contributed by atoms with E-state index in [1.165, 1.54) is 7.11 Å². The summed E-state index contributed by atoms with van der Waals surface area (Å²) in [6.45, 7) is -0.0246. The normalized spacial score (nSPS) is 12.2. The largest absolute Gasteiger partial charge is 0.504 e. The number of phenolic OH excluding ortho intramolecular Hbond substituents is 1. The number of aromatic hydroxyl groups is 1. The Morgan fingerprint density at radius 1 is 1.47 bits per heavy atom. The van der Waals surface area contributed by atoms with E-state index in [-0.39, 0.29) is 30.8 Å². The molecule has 0 aliphatic rings. The Balaban J connectivity index is 0.00000256. The minimum atomic E-state index is -0.227. The molecular weight excluding hydrogens is 242 g/mol. The predicted octanol–water partition coefficient (Wildman–Crippen LogP) is 1.55. The zero-order valence-electron chi connectivity index (χ0n) is 9.67. The zero-order chi connectivity index (χ0) is 12.0. The zero-order valence-corrected chi connectivity index (χ0v) is 10.5. The molecule has 0 spiro atoms. The molecule has 1 aromatic rings. The van der Waals surface area contributed by atoms with Crippen LogP contribution < -0.4 is 10.5 Å². The number of aliphatic hydroxyl groups excluding tert-OH is 1. The molecule has 0 amide bonds. The summed E-state index contributed by atoms with van der Waals surface area (Å²) in [6.07, 6.45) is 4.36. The fourth-order valence-electron chi connectivity index (χ4n) is 1.25. The van der Waals surface area contributed by atoms with Crippen LogP contribution in [-0.2, 0) is 0 Å². The molecule has 0 heterocycles. The van der Waals surface area contributed by atoms with Gasteiger partial charge >= 0.3 is 0 Å². The molecule has 1 rings (SSSR count). The maximum atomic E-state index is 9.38. The Morgan fingerprint density at radius 3 is 2.76 bits per heavy atom. The van der Waals surface area contributed by atoms with E-state index >= 15 is 0 Å². The van der Waals surface area contributed by atoms with Gasteiger partial charge in [0.25, 0.3) is 0 Å². The molecular formula is C12H18ClNO3. The lowest BCUT2D eigenvalue weighted by molar-refractivity contribution is 0.267. The van der Waals surface area contributed by atoms with Crippen molar-refractivity contribution < 1.29 is 14.9 Å². The van der Waals surface area contributed by atoms with Gasteiger partial charge in [-0.1, -0.05) is 18.2 Å². The molecule has 96 valence electrons. The number of halogens is 1. The van der Waals surface area contributed by atoms with Gasteiger partial charge in [0.2, 0.25) is 0 Å². The maximum Gasteiger partial charge on any atom is 0.161 e. The Kier molecular flexibility index (Phi) is 7.37. The van der Waals surface area contributed by atoms with Gasteiger partial charge in [-0.25, -0.2) is 0 Å². The van der Waals surface area contributed by atoms with Gasteiger partial charge in [-0.05, 0) is 24.1 Å². The van der Waals surface area contributed by atoms with Crippen molar-refractivity contribution in [2.24, 2.45) is 5.73 Å². The van der Waals surface area contributed by atoms with E-state index in [2.05, 4.69) is 0 Å². The summed E-state index contributed by atoms with van der Waals surface area (Å²) in [4.78, 5) is 0. The molecule has 1 unspecified atom stereocenters. The van der Waals surface area contributed by atoms with Crippen LogP contribution in [0.4, 0.5) is 0 Å². The summed E-state index contributed by atoms with van der Waals surface area (Å²) >= 11 is 0. The van der Waals surface area contributed by atoms with Crippen molar-refractivity contribution in [2.75, 3.05) is 13.7 Å². The van der Waals surface area contributed by atoms with Gasteiger partial charge in [-0.15, -0.1) is 12.4 Å². The van der Waals surface area contributed by atoms with Gasteiger partial charge in [0.1, 0.15) is 0 Å². The standard InChI is InChI=1S/C12H17NO3.ClH/c1-16-12-7-9(5-6-11(12)15)3-2-4-10(13)8-14;/h2-3,5-7,10,14-15H,4,8,13H2,1H3;1H/b3-2+;. The Morgan fingerprint density at radius 2 is 2.18 bits per heavy atom. The smallest absolute Gasteiger partial charge is 0.161 e. The fourth-order valence-corrected chi connectivity index (χ4v) is 1.25. The molecule has 0 fully saturated rings. The number of rotatable bonds is 5. The monoisotopic (exact) mass is 259 g/mol. The summed E-state index contributed by atoms with van der Waals surface area (Å²) in [7, 11) is 1.50. The molecule has 1 aromatic carbocycles.